The fraction of sp³-hybridized carbons (Fsp3) is 0.600. The van der Waals surface area contributed by atoms with Gasteiger partial charge < -0.3 is 14.8 Å². The van der Waals surface area contributed by atoms with E-state index in [9.17, 15) is 0 Å². The van der Waals surface area contributed by atoms with Gasteiger partial charge in [-0.3, -0.25) is 0 Å². The lowest BCUT2D eigenvalue weighted by atomic mass is 9.83. The van der Waals surface area contributed by atoms with Crippen LogP contribution in [-0.2, 0) is 5.54 Å². The first-order chi connectivity index (χ1) is 8.75. The Morgan fingerprint density at radius 3 is 2.67 bits per heavy atom. The van der Waals surface area contributed by atoms with Gasteiger partial charge in [-0.15, -0.1) is 0 Å². The number of hydrogen-bond acceptors (Lipinski definition) is 3. The van der Waals surface area contributed by atoms with E-state index in [4.69, 9.17) is 9.47 Å². The first kappa shape index (κ1) is 13.2. The monoisotopic (exact) mass is 249 g/mol. The van der Waals surface area contributed by atoms with Gasteiger partial charge in [-0.25, -0.2) is 0 Å². The van der Waals surface area contributed by atoms with Gasteiger partial charge in [-0.2, -0.15) is 0 Å². The number of hydrogen-bond donors (Lipinski definition) is 1. The van der Waals surface area contributed by atoms with E-state index in [1.165, 1.54) is 18.4 Å². The second-order valence-corrected chi connectivity index (χ2v) is 4.93. The third-order valence-corrected chi connectivity index (χ3v) is 3.84. The number of rotatable bonds is 5. The molecule has 0 amide bonds. The van der Waals surface area contributed by atoms with Gasteiger partial charge in [0, 0.05) is 11.1 Å². The summed E-state index contributed by atoms with van der Waals surface area (Å²) in [5.41, 5.74) is 1.30. The van der Waals surface area contributed by atoms with Crippen molar-refractivity contribution >= 4 is 0 Å². The number of benzene rings is 1. The Kier molecular flexibility index (Phi) is 4.12. The van der Waals surface area contributed by atoms with Crippen molar-refractivity contribution in [1.29, 1.82) is 0 Å². The zero-order valence-corrected chi connectivity index (χ0v) is 11.6. The maximum absolute atomic E-state index is 5.53. The van der Waals surface area contributed by atoms with Gasteiger partial charge in [0.2, 0.25) is 0 Å². The predicted molar refractivity (Wildman–Crippen MR) is 73.4 cm³/mol. The summed E-state index contributed by atoms with van der Waals surface area (Å²) in [7, 11) is 3.44. The van der Waals surface area contributed by atoms with Crippen LogP contribution in [0.4, 0.5) is 0 Å². The molecule has 100 valence electrons. The van der Waals surface area contributed by atoms with Crippen molar-refractivity contribution in [3.8, 4) is 11.5 Å². The van der Waals surface area contributed by atoms with Crippen LogP contribution >= 0.6 is 0 Å². The molecule has 1 aliphatic rings. The molecule has 1 saturated heterocycles. The van der Waals surface area contributed by atoms with Crippen molar-refractivity contribution < 1.29 is 9.47 Å². The lowest BCUT2D eigenvalue weighted by Crippen LogP contribution is -2.37. The average Bonchev–Trinajstić information content (AvgIpc) is 2.88. The van der Waals surface area contributed by atoms with Gasteiger partial charge in [0.25, 0.3) is 0 Å². The minimum absolute atomic E-state index is 0.0641. The lowest BCUT2D eigenvalue weighted by Gasteiger charge is -2.31. The normalized spacial score (nSPS) is 23.1. The third-order valence-electron chi connectivity index (χ3n) is 3.84. The SMILES string of the molecule is CCCC1(c2cc(OC)ccc2OC)CCCN1. The molecule has 0 aliphatic carbocycles. The Morgan fingerprint density at radius 1 is 1.28 bits per heavy atom. The van der Waals surface area contributed by atoms with Crippen molar-refractivity contribution in [2.24, 2.45) is 0 Å². The van der Waals surface area contributed by atoms with Gasteiger partial charge >= 0.3 is 0 Å². The molecule has 18 heavy (non-hydrogen) atoms. The highest BCUT2D eigenvalue weighted by atomic mass is 16.5. The number of ether oxygens (including phenoxy) is 2. The Labute approximate surface area is 109 Å². The van der Waals surface area contributed by atoms with E-state index >= 15 is 0 Å². The summed E-state index contributed by atoms with van der Waals surface area (Å²) in [5.74, 6) is 1.86. The Morgan fingerprint density at radius 2 is 2.11 bits per heavy atom. The first-order valence-electron chi connectivity index (χ1n) is 6.73. The average molecular weight is 249 g/mol. The molecule has 1 N–H and O–H groups in total. The highest BCUT2D eigenvalue weighted by molar-refractivity contribution is 5.45. The predicted octanol–water partition coefficient (Wildman–Crippen LogP) is 3.08. The molecule has 0 bridgehead atoms. The standard InChI is InChI=1S/C15H23NO2/c1-4-8-15(9-5-10-16-15)13-11-12(17-2)6-7-14(13)18-3/h6-7,11,16H,4-5,8-10H2,1-3H3. The fourth-order valence-corrected chi connectivity index (χ4v) is 3.00. The maximum atomic E-state index is 5.53. The molecule has 0 aromatic heterocycles. The van der Waals surface area contributed by atoms with Crippen LogP contribution < -0.4 is 14.8 Å². The minimum atomic E-state index is 0.0641. The van der Waals surface area contributed by atoms with Crippen molar-refractivity contribution in [3.63, 3.8) is 0 Å². The fourth-order valence-electron chi connectivity index (χ4n) is 3.00. The van der Waals surface area contributed by atoms with Crippen molar-refractivity contribution in [3.05, 3.63) is 23.8 Å². The molecule has 0 saturated carbocycles. The molecular formula is C15H23NO2. The smallest absolute Gasteiger partial charge is 0.124 e. The molecule has 1 heterocycles. The molecule has 0 spiro atoms. The van der Waals surface area contributed by atoms with Gasteiger partial charge in [0.15, 0.2) is 0 Å². The third kappa shape index (κ3) is 2.32. The molecule has 3 heteroatoms. The first-order valence-corrected chi connectivity index (χ1v) is 6.73. The van der Waals surface area contributed by atoms with Crippen molar-refractivity contribution in [1.82, 2.24) is 5.32 Å². The van der Waals surface area contributed by atoms with Crippen LogP contribution in [0.3, 0.4) is 0 Å². The topological polar surface area (TPSA) is 30.5 Å². The number of methoxy groups -OCH3 is 2. The molecule has 1 fully saturated rings. The Hall–Kier alpha value is -1.22. The summed E-state index contributed by atoms with van der Waals surface area (Å²) in [6.45, 7) is 3.31. The van der Waals surface area contributed by atoms with Crippen LogP contribution in [0.5, 0.6) is 11.5 Å². The quantitative estimate of drug-likeness (QED) is 0.870. The molecule has 1 atom stereocenters. The molecule has 0 radical (unpaired) electrons. The van der Waals surface area contributed by atoms with Gasteiger partial charge in [0.05, 0.1) is 14.2 Å². The molecular weight excluding hydrogens is 226 g/mol. The molecule has 1 aliphatic heterocycles. The second kappa shape index (κ2) is 5.61. The molecule has 3 nitrogen and oxygen atoms in total. The highest BCUT2D eigenvalue weighted by Crippen LogP contribution is 2.41. The molecule has 1 unspecified atom stereocenters. The van der Waals surface area contributed by atoms with E-state index in [-0.39, 0.29) is 5.54 Å². The highest BCUT2D eigenvalue weighted by Gasteiger charge is 2.36. The molecule has 2 rings (SSSR count). The summed E-state index contributed by atoms with van der Waals surface area (Å²) in [5, 5.41) is 3.68. The number of nitrogens with one attached hydrogen (secondary N) is 1. The van der Waals surface area contributed by atoms with Crippen LogP contribution in [0.1, 0.15) is 38.2 Å². The Bertz CT molecular complexity index is 397. The van der Waals surface area contributed by atoms with Crippen LogP contribution in [0.2, 0.25) is 0 Å². The van der Waals surface area contributed by atoms with Gasteiger partial charge in [-0.05, 0) is 44.0 Å². The summed E-state index contributed by atoms with van der Waals surface area (Å²) < 4.78 is 10.9. The molecule has 1 aromatic carbocycles. The second-order valence-electron chi connectivity index (χ2n) is 4.93. The van der Waals surface area contributed by atoms with Crippen LogP contribution in [0.25, 0.3) is 0 Å². The van der Waals surface area contributed by atoms with Crippen LogP contribution in [0, 0.1) is 0 Å². The minimum Gasteiger partial charge on any atom is -0.497 e. The van der Waals surface area contributed by atoms with Crippen molar-refractivity contribution in [2.75, 3.05) is 20.8 Å². The zero-order chi connectivity index (χ0) is 13.0. The van der Waals surface area contributed by atoms with E-state index in [1.54, 1.807) is 14.2 Å². The van der Waals surface area contributed by atoms with E-state index < -0.39 is 0 Å². The van der Waals surface area contributed by atoms with Gasteiger partial charge in [-0.1, -0.05) is 13.3 Å². The van der Waals surface area contributed by atoms with Crippen molar-refractivity contribution in [2.45, 2.75) is 38.1 Å². The zero-order valence-electron chi connectivity index (χ0n) is 11.6. The van der Waals surface area contributed by atoms with E-state index in [1.807, 2.05) is 12.1 Å². The largest absolute Gasteiger partial charge is 0.497 e. The summed E-state index contributed by atoms with van der Waals surface area (Å²) in [6.07, 6.45) is 4.69. The lowest BCUT2D eigenvalue weighted by molar-refractivity contribution is 0.325. The van der Waals surface area contributed by atoms with Crippen LogP contribution in [-0.4, -0.2) is 20.8 Å². The van der Waals surface area contributed by atoms with E-state index in [2.05, 4.69) is 18.3 Å². The van der Waals surface area contributed by atoms with E-state index in [0.29, 0.717) is 0 Å². The maximum Gasteiger partial charge on any atom is 0.124 e. The van der Waals surface area contributed by atoms with E-state index in [0.717, 1.165) is 30.9 Å². The molecule has 1 aromatic rings. The van der Waals surface area contributed by atoms with Crippen LogP contribution in [0.15, 0.2) is 18.2 Å². The Balaban J connectivity index is 2.44. The summed E-state index contributed by atoms with van der Waals surface area (Å²) in [6, 6.07) is 6.08. The summed E-state index contributed by atoms with van der Waals surface area (Å²) >= 11 is 0. The van der Waals surface area contributed by atoms with Gasteiger partial charge in [0.1, 0.15) is 11.5 Å². The summed E-state index contributed by atoms with van der Waals surface area (Å²) in [4.78, 5) is 0.